The van der Waals surface area contributed by atoms with E-state index < -0.39 is 9.84 Å². The molecule has 4 rings (SSSR count). The molecule has 0 aliphatic carbocycles. The Balaban J connectivity index is 1.90. The average molecular weight is 408 g/mol. The van der Waals surface area contributed by atoms with Gasteiger partial charge in [0.25, 0.3) is 0 Å². The zero-order chi connectivity index (χ0) is 20.9. The second-order valence-electron chi connectivity index (χ2n) is 7.84. The van der Waals surface area contributed by atoms with Gasteiger partial charge in [-0.25, -0.2) is 13.4 Å². The Hall–Kier alpha value is -2.86. The molecule has 0 bridgehead atoms. The van der Waals surface area contributed by atoms with Gasteiger partial charge in [-0.1, -0.05) is 12.1 Å². The van der Waals surface area contributed by atoms with Gasteiger partial charge in [0, 0.05) is 35.0 Å². The third kappa shape index (κ3) is 3.17. The highest BCUT2D eigenvalue weighted by Crippen LogP contribution is 2.35. The summed E-state index contributed by atoms with van der Waals surface area (Å²) < 4.78 is 31.3. The Bertz CT molecular complexity index is 1330. The first-order valence-corrected chi connectivity index (χ1v) is 11.2. The minimum absolute atomic E-state index is 0.163. The number of rotatable bonds is 4. The van der Waals surface area contributed by atoms with Gasteiger partial charge in [0.15, 0.2) is 0 Å². The van der Waals surface area contributed by atoms with E-state index in [1.807, 2.05) is 66.4 Å². The lowest BCUT2D eigenvalue weighted by Crippen LogP contribution is -2.05. The zero-order valence-electron chi connectivity index (χ0n) is 17.3. The first kappa shape index (κ1) is 19.5. The van der Waals surface area contributed by atoms with E-state index in [9.17, 15) is 8.42 Å². The van der Waals surface area contributed by atoms with Crippen molar-refractivity contribution in [3.05, 3.63) is 71.9 Å². The Kier molecular flexibility index (Phi) is 4.62. The third-order valence-corrected chi connectivity index (χ3v) is 7.26. The zero-order valence-corrected chi connectivity index (χ0v) is 18.2. The van der Waals surface area contributed by atoms with E-state index in [2.05, 4.69) is 18.8 Å². The standard InChI is InChI=1S/C23H25N3O2S/c1-15(2)26-13-22(23-16(3)7-6-8-20(23)26)29(27,28)21-10-9-19(11-17(21)4)25-12-18(5)24-14-25/h6-15H,1-5H3. The normalized spacial score (nSPS) is 12.2. The number of aromatic nitrogens is 3. The molecule has 0 aliphatic rings. The number of hydrogen-bond donors (Lipinski definition) is 0. The predicted molar refractivity (Wildman–Crippen MR) is 116 cm³/mol. The van der Waals surface area contributed by atoms with Crippen LogP contribution >= 0.6 is 0 Å². The van der Waals surface area contributed by atoms with E-state index >= 15 is 0 Å². The van der Waals surface area contributed by atoms with Crippen molar-refractivity contribution in [2.24, 2.45) is 0 Å². The second kappa shape index (κ2) is 6.88. The summed E-state index contributed by atoms with van der Waals surface area (Å²) in [7, 11) is -3.67. The lowest BCUT2D eigenvalue weighted by Gasteiger charge is -2.10. The highest BCUT2D eigenvalue weighted by atomic mass is 32.2. The SMILES string of the molecule is Cc1cn(-c2ccc(S(=O)(=O)c3cn(C(C)C)c4cccc(C)c34)c(C)c2)cn1. The molecule has 29 heavy (non-hydrogen) atoms. The van der Waals surface area contributed by atoms with Crippen molar-refractivity contribution in [2.75, 3.05) is 0 Å². The fraction of sp³-hybridized carbons (Fsp3) is 0.261. The number of aryl methyl sites for hydroxylation is 3. The van der Waals surface area contributed by atoms with Crippen LogP contribution in [0.4, 0.5) is 0 Å². The van der Waals surface area contributed by atoms with Crippen molar-refractivity contribution in [3.63, 3.8) is 0 Å². The Labute approximate surface area is 171 Å². The lowest BCUT2D eigenvalue weighted by atomic mass is 10.1. The summed E-state index contributed by atoms with van der Waals surface area (Å²) in [6.45, 7) is 9.85. The Morgan fingerprint density at radius 1 is 0.931 bits per heavy atom. The van der Waals surface area contributed by atoms with E-state index in [-0.39, 0.29) is 6.04 Å². The van der Waals surface area contributed by atoms with Crippen LogP contribution in [0, 0.1) is 20.8 Å². The van der Waals surface area contributed by atoms with Crippen molar-refractivity contribution in [1.82, 2.24) is 14.1 Å². The molecule has 2 aromatic heterocycles. The van der Waals surface area contributed by atoms with E-state index in [4.69, 9.17) is 0 Å². The lowest BCUT2D eigenvalue weighted by molar-refractivity contribution is 0.592. The monoisotopic (exact) mass is 407 g/mol. The molecule has 0 spiro atoms. The molecule has 0 fully saturated rings. The quantitative estimate of drug-likeness (QED) is 0.469. The molecule has 0 atom stereocenters. The Morgan fingerprint density at radius 2 is 1.69 bits per heavy atom. The molecular weight excluding hydrogens is 382 g/mol. The fourth-order valence-corrected chi connectivity index (χ4v) is 5.61. The van der Waals surface area contributed by atoms with Gasteiger partial charge in [-0.05, 0) is 70.0 Å². The molecule has 0 N–H and O–H groups in total. The molecular formula is C23H25N3O2S. The van der Waals surface area contributed by atoms with Crippen molar-refractivity contribution in [2.45, 2.75) is 50.5 Å². The van der Waals surface area contributed by atoms with Gasteiger partial charge in [-0.15, -0.1) is 0 Å². The fourth-order valence-electron chi connectivity index (χ4n) is 3.86. The number of imidazole rings is 1. The first-order valence-electron chi connectivity index (χ1n) is 9.67. The molecule has 0 radical (unpaired) electrons. The molecule has 4 aromatic rings. The van der Waals surface area contributed by atoms with Gasteiger partial charge in [0.2, 0.25) is 9.84 Å². The number of sulfone groups is 1. The van der Waals surface area contributed by atoms with Gasteiger partial charge >= 0.3 is 0 Å². The molecule has 6 heteroatoms. The Morgan fingerprint density at radius 3 is 2.31 bits per heavy atom. The molecule has 0 saturated heterocycles. The predicted octanol–water partition coefficient (Wildman–Crippen LogP) is 5.17. The summed E-state index contributed by atoms with van der Waals surface area (Å²) in [5.41, 5.74) is 4.43. The molecule has 0 unspecified atom stereocenters. The average Bonchev–Trinajstić information content (AvgIpc) is 3.26. The van der Waals surface area contributed by atoms with Crippen molar-refractivity contribution in [3.8, 4) is 5.69 Å². The summed E-state index contributed by atoms with van der Waals surface area (Å²) in [5, 5.41) is 0.801. The molecule has 0 aliphatic heterocycles. The smallest absolute Gasteiger partial charge is 0.208 e. The van der Waals surface area contributed by atoms with Gasteiger partial charge in [-0.3, -0.25) is 0 Å². The summed E-state index contributed by atoms with van der Waals surface area (Å²) in [5.74, 6) is 0. The molecule has 0 amide bonds. The molecule has 5 nitrogen and oxygen atoms in total. The maximum atomic E-state index is 13.7. The van der Waals surface area contributed by atoms with Crippen LogP contribution in [-0.2, 0) is 9.84 Å². The van der Waals surface area contributed by atoms with E-state index in [0.717, 1.165) is 27.8 Å². The highest BCUT2D eigenvalue weighted by Gasteiger charge is 2.26. The third-order valence-electron chi connectivity index (χ3n) is 5.34. The second-order valence-corrected chi connectivity index (χ2v) is 9.73. The van der Waals surface area contributed by atoms with Gasteiger partial charge < -0.3 is 9.13 Å². The van der Waals surface area contributed by atoms with E-state index in [1.54, 1.807) is 18.6 Å². The highest BCUT2D eigenvalue weighted by molar-refractivity contribution is 7.91. The number of hydrogen-bond acceptors (Lipinski definition) is 3. The molecule has 150 valence electrons. The van der Waals surface area contributed by atoms with Crippen molar-refractivity contribution in [1.29, 1.82) is 0 Å². The molecule has 2 heterocycles. The number of nitrogens with zero attached hydrogens (tertiary/aromatic N) is 3. The van der Waals surface area contributed by atoms with Gasteiger partial charge in [0.05, 0.1) is 21.8 Å². The van der Waals surface area contributed by atoms with Crippen LogP contribution in [0.25, 0.3) is 16.6 Å². The minimum atomic E-state index is -3.67. The van der Waals surface area contributed by atoms with Crippen molar-refractivity contribution >= 4 is 20.7 Å². The van der Waals surface area contributed by atoms with Crippen LogP contribution in [0.3, 0.4) is 0 Å². The van der Waals surface area contributed by atoms with E-state index in [0.29, 0.717) is 15.4 Å². The minimum Gasteiger partial charge on any atom is -0.344 e. The summed E-state index contributed by atoms with van der Waals surface area (Å²) in [4.78, 5) is 4.95. The van der Waals surface area contributed by atoms with Gasteiger partial charge in [-0.2, -0.15) is 0 Å². The topological polar surface area (TPSA) is 56.9 Å². The van der Waals surface area contributed by atoms with Gasteiger partial charge in [0.1, 0.15) is 0 Å². The maximum Gasteiger partial charge on any atom is 0.208 e. The molecule has 2 aromatic carbocycles. The van der Waals surface area contributed by atoms with Crippen molar-refractivity contribution < 1.29 is 8.42 Å². The van der Waals surface area contributed by atoms with Crippen LogP contribution in [0.1, 0.15) is 36.7 Å². The molecule has 0 saturated carbocycles. The van der Waals surface area contributed by atoms with Crippen LogP contribution in [0.5, 0.6) is 0 Å². The van der Waals surface area contributed by atoms with Crippen LogP contribution in [0.2, 0.25) is 0 Å². The summed E-state index contributed by atoms with van der Waals surface area (Å²) in [6.07, 6.45) is 5.44. The first-order chi connectivity index (χ1) is 13.7. The van der Waals surface area contributed by atoms with Crippen LogP contribution < -0.4 is 0 Å². The van der Waals surface area contributed by atoms with Crippen LogP contribution in [0.15, 0.2) is 64.9 Å². The summed E-state index contributed by atoms with van der Waals surface area (Å²) >= 11 is 0. The number of fused-ring (bicyclic) bond motifs is 1. The van der Waals surface area contributed by atoms with Crippen LogP contribution in [-0.4, -0.2) is 22.5 Å². The maximum absolute atomic E-state index is 13.7. The summed E-state index contributed by atoms with van der Waals surface area (Å²) in [6, 6.07) is 11.5. The number of benzene rings is 2. The van der Waals surface area contributed by atoms with E-state index in [1.165, 1.54) is 0 Å². The largest absolute Gasteiger partial charge is 0.344 e.